The molecule has 0 radical (unpaired) electrons. The highest BCUT2D eigenvalue weighted by molar-refractivity contribution is 5.40. The zero-order valence-electron chi connectivity index (χ0n) is 8.79. The first kappa shape index (κ1) is 10.2. The third-order valence-corrected chi connectivity index (χ3v) is 2.29. The van der Waals surface area contributed by atoms with Crippen LogP contribution in [0.2, 0.25) is 0 Å². The maximum atomic E-state index is 11.8. The summed E-state index contributed by atoms with van der Waals surface area (Å²) in [6, 6.07) is 8.89. The molecule has 0 saturated carbocycles. The standard InChI is InChI=1S/C11H10N4O/c1-2-15-11(16)14(8-13-15)10-5-3-4-9(6-10)7-12/h3-6,8H,2H2,1H3. The maximum Gasteiger partial charge on any atom is 0.350 e. The Morgan fingerprint density at radius 2 is 2.31 bits per heavy atom. The third-order valence-electron chi connectivity index (χ3n) is 2.29. The lowest BCUT2D eigenvalue weighted by Crippen LogP contribution is -2.23. The molecule has 0 saturated heterocycles. The van der Waals surface area contributed by atoms with Crippen molar-refractivity contribution in [2.75, 3.05) is 0 Å². The number of hydrogen-bond acceptors (Lipinski definition) is 3. The number of nitriles is 1. The Labute approximate surface area is 92.2 Å². The van der Waals surface area contributed by atoms with Crippen LogP contribution in [0.5, 0.6) is 0 Å². The summed E-state index contributed by atoms with van der Waals surface area (Å²) in [5, 5.41) is 12.7. The van der Waals surface area contributed by atoms with Crippen LogP contribution in [0, 0.1) is 11.3 Å². The average Bonchev–Trinajstić information content (AvgIpc) is 2.70. The first-order chi connectivity index (χ1) is 7.76. The number of aryl methyl sites for hydroxylation is 1. The molecule has 1 aromatic heterocycles. The van der Waals surface area contributed by atoms with E-state index >= 15 is 0 Å². The Balaban J connectivity index is 2.55. The molecule has 0 fully saturated rings. The minimum atomic E-state index is -0.197. The second kappa shape index (κ2) is 4.03. The molecule has 0 aliphatic rings. The SMILES string of the molecule is CCn1ncn(-c2cccc(C#N)c2)c1=O. The number of hydrogen-bond donors (Lipinski definition) is 0. The van der Waals surface area contributed by atoms with E-state index in [2.05, 4.69) is 5.10 Å². The zero-order valence-corrected chi connectivity index (χ0v) is 8.79. The van der Waals surface area contributed by atoms with Crippen molar-refractivity contribution in [2.45, 2.75) is 13.5 Å². The number of nitrogens with zero attached hydrogens (tertiary/aromatic N) is 4. The van der Waals surface area contributed by atoms with Crippen molar-refractivity contribution in [2.24, 2.45) is 0 Å². The fourth-order valence-corrected chi connectivity index (χ4v) is 1.46. The molecule has 0 N–H and O–H groups in total. The molecule has 0 amide bonds. The summed E-state index contributed by atoms with van der Waals surface area (Å²) in [4.78, 5) is 11.8. The van der Waals surface area contributed by atoms with Gasteiger partial charge >= 0.3 is 5.69 Å². The summed E-state index contributed by atoms with van der Waals surface area (Å²) in [6.45, 7) is 2.38. The van der Waals surface area contributed by atoms with Crippen molar-refractivity contribution >= 4 is 0 Å². The molecule has 2 rings (SSSR count). The second-order valence-electron chi connectivity index (χ2n) is 3.26. The van der Waals surface area contributed by atoms with E-state index in [4.69, 9.17) is 5.26 Å². The van der Waals surface area contributed by atoms with Crippen LogP contribution in [0.4, 0.5) is 0 Å². The molecule has 5 nitrogen and oxygen atoms in total. The van der Waals surface area contributed by atoms with Gasteiger partial charge < -0.3 is 0 Å². The molecule has 1 aromatic carbocycles. The fraction of sp³-hybridized carbons (Fsp3) is 0.182. The summed E-state index contributed by atoms with van der Waals surface area (Å²) in [6.07, 6.45) is 1.46. The normalized spacial score (nSPS) is 10.0. The van der Waals surface area contributed by atoms with Gasteiger partial charge in [0.1, 0.15) is 6.33 Å². The average molecular weight is 214 g/mol. The van der Waals surface area contributed by atoms with Gasteiger partial charge in [0, 0.05) is 6.54 Å². The molecule has 0 unspecified atom stereocenters. The van der Waals surface area contributed by atoms with Crippen LogP contribution in [0.25, 0.3) is 5.69 Å². The lowest BCUT2D eigenvalue weighted by Gasteiger charge is -1.99. The highest BCUT2D eigenvalue weighted by Crippen LogP contribution is 2.07. The van der Waals surface area contributed by atoms with E-state index in [0.29, 0.717) is 17.8 Å². The van der Waals surface area contributed by atoms with Gasteiger partial charge in [0.2, 0.25) is 0 Å². The molecule has 0 aliphatic carbocycles. The monoisotopic (exact) mass is 214 g/mol. The van der Waals surface area contributed by atoms with Gasteiger partial charge in [-0.3, -0.25) is 0 Å². The van der Waals surface area contributed by atoms with Crippen LogP contribution in [0.1, 0.15) is 12.5 Å². The first-order valence-electron chi connectivity index (χ1n) is 4.91. The molecular formula is C11H10N4O. The largest absolute Gasteiger partial charge is 0.350 e. The van der Waals surface area contributed by atoms with Crippen molar-refractivity contribution in [1.82, 2.24) is 14.3 Å². The molecule has 0 aliphatic heterocycles. The molecule has 0 spiro atoms. The van der Waals surface area contributed by atoms with Crippen molar-refractivity contribution in [1.29, 1.82) is 5.26 Å². The number of rotatable bonds is 2. The van der Waals surface area contributed by atoms with Crippen LogP contribution in [-0.2, 0) is 6.54 Å². The molecule has 16 heavy (non-hydrogen) atoms. The summed E-state index contributed by atoms with van der Waals surface area (Å²) >= 11 is 0. The Morgan fingerprint density at radius 1 is 1.50 bits per heavy atom. The lowest BCUT2D eigenvalue weighted by molar-refractivity contribution is 0.629. The van der Waals surface area contributed by atoms with Gasteiger partial charge in [0.05, 0.1) is 17.3 Å². The predicted molar refractivity (Wildman–Crippen MR) is 58.2 cm³/mol. The smallest absolute Gasteiger partial charge is 0.250 e. The van der Waals surface area contributed by atoms with E-state index in [9.17, 15) is 4.79 Å². The molecular weight excluding hydrogens is 204 g/mol. The molecule has 5 heteroatoms. The van der Waals surface area contributed by atoms with E-state index < -0.39 is 0 Å². The molecule has 0 bridgehead atoms. The topological polar surface area (TPSA) is 63.6 Å². The summed E-state index contributed by atoms with van der Waals surface area (Å²) in [5.41, 5.74) is 0.981. The Bertz CT molecular complexity index is 603. The number of benzene rings is 1. The van der Waals surface area contributed by atoms with Crippen LogP contribution in [0.3, 0.4) is 0 Å². The third kappa shape index (κ3) is 1.61. The second-order valence-corrected chi connectivity index (χ2v) is 3.26. The van der Waals surface area contributed by atoms with E-state index in [1.807, 2.05) is 13.0 Å². The van der Waals surface area contributed by atoms with Crippen LogP contribution in [0.15, 0.2) is 35.4 Å². The summed E-state index contributed by atoms with van der Waals surface area (Å²) < 4.78 is 2.78. The van der Waals surface area contributed by atoms with E-state index in [1.165, 1.54) is 15.6 Å². The van der Waals surface area contributed by atoms with Crippen LogP contribution < -0.4 is 5.69 Å². The zero-order chi connectivity index (χ0) is 11.5. The van der Waals surface area contributed by atoms with E-state index in [-0.39, 0.29) is 5.69 Å². The van der Waals surface area contributed by atoms with Crippen LogP contribution >= 0.6 is 0 Å². The molecule has 0 atom stereocenters. The maximum absolute atomic E-state index is 11.8. The fourth-order valence-electron chi connectivity index (χ4n) is 1.46. The Kier molecular flexibility index (Phi) is 2.56. The Morgan fingerprint density at radius 3 is 2.94 bits per heavy atom. The van der Waals surface area contributed by atoms with Gasteiger partial charge in [-0.1, -0.05) is 6.07 Å². The molecule has 80 valence electrons. The van der Waals surface area contributed by atoms with Gasteiger partial charge in [-0.2, -0.15) is 10.4 Å². The molecule has 2 aromatic rings. The van der Waals surface area contributed by atoms with E-state index in [1.54, 1.807) is 24.3 Å². The van der Waals surface area contributed by atoms with Gasteiger partial charge in [0.15, 0.2) is 0 Å². The van der Waals surface area contributed by atoms with Crippen molar-refractivity contribution in [3.63, 3.8) is 0 Å². The lowest BCUT2D eigenvalue weighted by atomic mass is 10.2. The van der Waals surface area contributed by atoms with Crippen molar-refractivity contribution < 1.29 is 0 Å². The van der Waals surface area contributed by atoms with E-state index in [0.717, 1.165) is 0 Å². The molecule has 1 heterocycles. The van der Waals surface area contributed by atoms with Crippen molar-refractivity contribution in [3.05, 3.63) is 46.6 Å². The minimum Gasteiger partial charge on any atom is -0.250 e. The summed E-state index contributed by atoms with van der Waals surface area (Å²) in [7, 11) is 0. The first-order valence-corrected chi connectivity index (χ1v) is 4.91. The van der Waals surface area contributed by atoms with Gasteiger partial charge in [-0.25, -0.2) is 14.0 Å². The minimum absolute atomic E-state index is 0.197. The quantitative estimate of drug-likeness (QED) is 0.746. The highest BCUT2D eigenvalue weighted by atomic mass is 16.2. The summed E-state index contributed by atoms with van der Waals surface area (Å²) in [5.74, 6) is 0. The van der Waals surface area contributed by atoms with Gasteiger partial charge in [-0.05, 0) is 25.1 Å². The Hall–Kier alpha value is -2.35. The predicted octanol–water partition coefficient (Wildman–Crippen LogP) is 0.926. The number of aromatic nitrogens is 3. The van der Waals surface area contributed by atoms with Crippen LogP contribution in [-0.4, -0.2) is 14.3 Å². The highest BCUT2D eigenvalue weighted by Gasteiger charge is 2.05. The van der Waals surface area contributed by atoms with Gasteiger partial charge in [0.25, 0.3) is 0 Å². The van der Waals surface area contributed by atoms with Gasteiger partial charge in [-0.15, -0.1) is 0 Å². The van der Waals surface area contributed by atoms with Crippen molar-refractivity contribution in [3.8, 4) is 11.8 Å².